The number of methoxy groups -OCH3 is 1. The Balaban J connectivity index is 1.22. The van der Waals surface area contributed by atoms with Crippen molar-refractivity contribution in [2.45, 2.75) is 146 Å². The van der Waals surface area contributed by atoms with Crippen molar-refractivity contribution < 1.29 is 48.0 Å². The molecule has 3 aromatic rings. The average Bonchev–Trinajstić information content (AvgIpc) is 4.03. The van der Waals surface area contributed by atoms with Crippen LogP contribution in [0.3, 0.4) is 0 Å². The molecule has 3 aromatic heterocycles. The summed E-state index contributed by atoms with van der Waals surface area (Å²) >= 11 is 1.93. The summed E-state index contributed by atoms with van der Waals surface area (Å²) < 4.78 is 34.0. The van der Waals surface area contributed by atoms with Gasteiger partial charge < -0.3 is 48.9 Å². The number of aromatic nitrogens is 6. The number of imidazole rings is 1. The molecule has 0 bridgehead atoms. The number of amides is 1. The summed E-state index contributed by atoms with van der Waals surface area (Å²) in [5, 5.41) is 20.3. The summed E-state index contributed by atoms with van der Waals surface area (Å²) in [5.74, 6) is -5.21. The Labute approximate surface area is 400 Å². The largest absolute Gasteiger partial charge is 0.447 e. The highest BCUT2D eigenvalue weighted by atomic mass is 127. The fraction of sp³-hybridized carbons (Fsp3) is 0.696. The third kappa shape index (κ3) is 11.3. The Morgan fingerprint density at radius 3 is 2.47 bits per heavy atom. The molecule has 0 spiro atoms. The number of carbonyl (C=O) groups excluding carboxylic acids is 4. The molecule has 6 heterocycles. The number of esters is 1. The quantitative estimate of drug-likeness (QED) is 0.0719. The van der Waals surface area contributed by atoms with E-state index in [-0.39, 0.29) is 24.9 Å². The number of fused-ring (bicyclic) bond motifs is 1. The highest BCUT2D eigenvalue weighted by Crippen LogP contribution is 2.44. The number of likely N-dealkylation sites (N-methyl/N-ethyl adjacent to an activating group) is 1. The topological polar surface area (TPSA) is 229 Å². The fourth-order valence-corrected chi connectivity index (χ4v) is 10.7. The van der Waals surface area contributed by atoms with Crippen LogP contribution in [0.1, 0.15) is 79.8 Å². The Bertz CT molecular complexity index is 2130. The minimum absolute atomic E-state index is 0.0954. The molecule has 3 saturated heterocycles. The molecule has 0 saturated carbocycles. The lowest BCUT2D eigenvalue weighted by molar-refractivity contribution is -0.296. The van der Waals surface area contributed by atoms with Gasteiger partial charge in [0.1, 0.15) is 17.8 Å². The van der Waals surface area contributed by atoms with Crippen LogP contribution in [0.15, 0.2) is 43.2 Å². The van der Waals surface area contributed by atoms with Gasteiger partial charge in [0, 0.05) is 93.9 Å². The first kappa shape index (κ1) is 51.5. The number of Topliss-reactive ketones (excluding diaryl/α,β-unsaturated/α-hetero) is 2. The van der Waals surface area contributed by atoms with Crippen LogP contribution in [0.5, 0.6) is 0 Å². The van der Waals surface area contributed by atoms with Crippen molar-refractivity contribution in [3.05, 3.63) is 48.9 Å². The van der Waals surface area contributed by atoms with Gasteiger partial charge in [-0.2, -0.15) is 0 Å². The van der Waals surface area contributed by atoms with Crippen LogP contribution >= 0.6 is 22.6 Å². The van der Waals surface area contributed by atoms with Gasteiger partial charge >= 0.3 is 12.1 Å². The van der Waals surface area contributed by atoms with Crippen molar-refractivity contribution >= 4 is 46.2 Å². The van der Waals surface area contributed by atoms with Crippen LogP contribution in [0, 0.1) is 23.7 Å². The van der Waals surface area contributed by atoms with E-state index < -0.39 is 87.4 Å². The molecule has 0 aromatic carbocycles. The van der Waals surface area contributed by atoms with Crippen LogP contribution in [0.2, 0.25) is 0 Å². The van der Waals surface area contributed by atoms with Crippen LogP contribution in [0.4, 0.5) is 4.79 Å². The number of unbranched alkanes of at least 4 members (excludes halogenated alkanes) is 1. The third-order valence-corrected chi connectivity index (χ3v) is 15.3. The van der Waals surface area contributed by atoms with Crippen molar-refractivity contribution in [3.8, 4) is 11.3 Å². The molecule has 3 aliphatic heterocycles. The summed E-state index contributed by atoms with van der Waals surface area (Å²) in [5.41, 5.74) is 5.41. The molecule has 66 heavy (non-hydrogen) atoms. The van der Waals surface area contributed by atoms with E-state index in [4.69, 9.17) is 29.4 Å². The molecule has 364 valence electrons. The van der Waals surface area contributed by atoms with Crippen molar-refractivity contribution in [2.75, 3.05) is 33.8 Å². The smallest absolute Gasteiger partial charge is 0.410 e. The lowest BCUT2D eigenvalue weighted by Gasteiger charge is -2.47. The SMILES string of the molecule is CO[C@]1(C)C[C@@H](C)C(=O)[C@H](C)[C@H]2N(CCCCn3cnc(-c4cccnc4)c3)C(=O)O[C@]2(C)[C@@H](I)OC(=O)[C@H](C)C(=O)[C@H](C)[C@H]1O[C@@H]1O[C@H](C)C[C@H](N(C)CCc2cn(CCN)nn2)[C@H]1O. The normalized spacial score (nSPS) is 33.7. The van der Waals surface area contributed by atoms with Crippen LogP contribution in [-0.4, -0.2) is 154 Å². The maximum absolute atomic E-state index is 14.8. The number of pyridine rings is 1. The molecular weight excluding hydrogens is 965 g/mol. The zero-order valence-corrected chi connectivity index (χ0v) is 41.8. The zero-order chi connectivity index (χ0) is 48.1. The molecule has 0 radical (unpaired) electrons. The van der Waals surface area contributed by atoms with Gasteiger partial charge in [0.25, 0.3) is 0 Å². The van der Waals surface area contributed by atoms with E-state index in [2.05, 4.69) is 20.3 Å². The standard InChI is InChI=1S/C46H68IN9O10/c1-27-22-45(6,62-9)40(64-42-38(59)35(21-28(2)63-42)53(8)19-14-33-24-55(20-15-48)52-51-33)30(4)37(58)31(5)41(60)65-43(47)46(7)39(29(3)36(27)57)56(44(61)66-46)18-11-10-17-54-25-34(50-26-54)32-13-12-16-49-23-32/h12-13,16,23-31,35,38-40,42-43,59H,10-11,14-15,17-22,48H2,1-9H3/t27-,28-,29+,30+,31-,35+,38-,39-,40-,42+,43+,45-,46+/m1/s1. The molecule has 13 atom stereocenters. The van der Waals surface area contributed by atoms with Gasteiger partial charge in [-0.15, -0.1) is 5.10 Å². The lowest BCUT2D eigenvalue weighted by Crippen LogP contribution is -2.60. The second kappa shape index (κ2) is 22.0. The summed E-state index contributed by atoms with van der Waals surface area (Å²) in [4.78, 5) is 69.4. The van der Waals surface area contributed by atoms with Crippen LogP contribution in [-0.2, 0) is 57.6 Å². The molecule has 3 N–H and O–H groups in total. The molecule has 6 rings (SSSR count). The van der Waals surface area contributed by atoms with E-state index in [0.29, 0.717) is 51.9 Å². The van der Waals surface area contributed by atoms with Gasteiger partial charge in [-0.25, -0.2) is 9.78 Å². The number of cyclic esters (lactones) is 1. The molecule has 0 unspecified atom stereocenters. The summed E-state index contributed by atoms with van der Waals surface area (Å²) in [6.07, 6.45) is 7.09. The lowest BCUT2D eigenvalue weighted by atomic mass is 9.74. The van der Waals surface area contributed by atoms with Crippen molar-refractivity contribution in [3.63, 3.8) is 0 Å². The van der Waals surface area contributed by atoms with Gasteiger partial charge in [0.2, 0.25) is 0 Å². The number of ketones is 2. The van der Waals surface area contributed by atoms with E-state index in [9.17, 15) is 24.3 Å². The average molecular weight is 1030 g/mol. The first-order valence-corrected chi connectivity index (χ1v) is 24.2. The first-order chi connectivity index (χ1) is 31.3. The van der Waals surface area contributed by atoms with Crippen molar-refractivity contribution in [2.24, 2.45) is 29.4 Å². The second-order valence-corrected chi connectivity index (χ2v) is 19.9. The highest BCUT2D eigenvalue weighted by molar-refractivity contribution is 14.1. The van der Waals surface area contributed by atoms with Gasteiger partial charge in [0.15, 0.2) is 21.8 Å². The maximum atomic E-state index is 14.8. The van der Waals surface area contributed by atoms with Gasteiger partial charge in [-0.05, 0) is 95.1 Å². The number of alkyl halides is 1. The predicted molar refractivity (Wildman–Crippen MR) is 250 cm³/mol. The molecule has 3 aliphatic rings. The number of ether oxygens (including phenoxy) is 5. The number of carbonyl (C=O) groups is 4. The minimum atomic E-state index is -1.45. The predicted octanol–water partition coefficient (Wildman–Crippen LogP) is 4.07. The Morgan fingerprint density at radius 1 is 1.03 bits per heavy atom. The molecule has 0 aliphatic carbocycles. The number of hydrogen-bond acceptors (Lipinski definition) is 16. The number of hydrogen-bond donors (Lipinski definition) is 2. The number of aliphatic hydroxyl groups excluding tert-OH is 1. The van der Waals surface area contributed by atoms with Crippen molar-refractivity contribution in [1.29, 1.82) is 0 Å². The number of aliphatic hydroxyl groups is 1. The zero-order valence-electron chi connectivity index (χ0n) is 39.6. The number of nitrogens with zero attached hydrogens (tertiary/aromatic N) is 8. The Morgan fingerprint density at radius 2 is 1.77 bits per heavy atom. The number of aryl methyl sites for hydroxylation is 1. The van der Waals surface area contributed by atoms with E-state index in [1.165, 1.54) is 14.0 Å². The van der Waals surface area contributed by atoms with Gasteiger partial charge in [0.05, 0.1) is 48.1 Å². The monoisotopic (exact) mass is 1030 g/mol. The van der Waals surface area contributed by atoms with E-state index >= 15 is 0 Å². The van der Waals surface area contributed by atoms with Gasteiger partial charge in [-0.1, -0.05) is 26.0 Å². The molecule has 19 nitrogen and oxygen atoms in total. The molecular formula is C46H68IN9O10. The van der Waals surface area contributed by atoms with E-state index in [0.717, 1.165) is 17.0 Å². The minimum Gasteiger partial charge on any atom is -0.447 e. The summed E-state index contributed by atoms with van der Waals surface area (Å²) in [6, 6.07) is 2.59. The Hall–Kier alpha value is -3.93. The van der Waals surface area contributed by atoms with Crippen LogP contribution in [0.25, 0.3) is 11.3 Å². The second-order valence-electron chi connectivity index (χ2n) is 18.8. The summed E-state index contributed by atoms with van der Waals surface area (Å²) in [7, 11) is 3.40. The first-order valence-electron chi connectivity index (χ1n) is 23.0. The molecule has 1 amide bonds. The third-order valence-electron chi connectivity index (χ3n) is 13.8. The fourth-order valence-electron chi connectivity index (χ4n) is 9.90. The van der Waals surface area contributed by atoms with Crippen LogP contribution < -0.4 is 5.73 Å². The number of halogens is 1. The van der Waals surface area contributed by atoms with E-state index in [1.807, 2.05) is 70.6 Å². The van der Waals surface area contributed by atoms with E-state index in [1.54, 1.807) is 62.9 Å². The molecule has 20 heteroatoms. The molecule has 3 fully saturated rings. The number of rotatable bonds is 15. The highest BCUT2D eigenvalue weighted by Gasteiger charge is 2.60. The van der Waals surface area contributed by atoms with Crippen molar-refractivity contribution in [1.82, 2.24) is 39.3 Å². The van der Waals surface area contributed by atoms with Gasteiger partial charge in [-0.3, -0.25) is 24.0 Å². The summed E-state index contributed by atoms with van der Waals surface area (Å²) in [6.45, 7) is 14.5. The maximum Gasteiger partial charge on any atom is 0.410 e. The number of nitrogens with two attached hydrogens (primary N) is 1. The Kier molecular flexibility index (Phi) is 17.2.